The Morgan fingerprint density at radius 1 is 1.26 bits per heavy atom. The number of benzene rings is 2. The molecule has 5 heteroatoms. The quantitative estimate of drug-likeness (QED) is 0.624. The average Bonchev–Trinajstić information content (AvgIpc) is 2.40. The second-order valence-corrected chi connectivity index (χ2v) is 4.09. The molecule has 0 heterocycles. The molecule has 19 heavy (non-hydrogen) atoms. The molecule has 2 rings (SSSR count). The number of rotatable bonds is 4. The predicted molar refractivity (Wildman–Crippen MR) is 68.6 cm³/mol. The van der Waals surface area contributed by atoms with Crippen molar-refractivity contribution in [2.75, 3.05) is 0 Å². The Morgan fingerprint density at radius 3 is 2.68 bits per heavy atom. The SMILES string of the molecule is Cc1ccc(OCc2ccccc2[N+](=O)[O-])cc1F. The van der Waals surface area contributed by atoms with Gasteiger partial charge in [0.25, 0.3) is 5.69 Å². The largest absolute Gasteiger partial charge is 0.489 e. The molecule has 0 aliphatic heterocycles. The van der Waals surface area contributed by atoms with Crippen LogP contribution in [0.3, 0.4) is 0 Å². The van der Waals surface area contributed by atoms with Crippen molar-refractivity contribution in [3.63, 3.8) is 0 Å². The molecule has 0 bridgehead atoms. The van der Waals surface area contributed by atoms with Crippen LogP contribution in [-0.4, -0.2) is 4.92 Å². The number of halogens is 1. The van der Waals surface area contributed by atoms with Crippen molar-refractivity contribution in [2.24, 2.45) is 0 Å². The molecule has 0 fully saturated rings. The Morgan fingerprint density at radius 2 is 2.00 bits per heavy atom. The lowest BCUT2D eigenvalue weighted by atomic mass is 10.2. The van der Waals surface area contributed by atoms with Crippen LogP contribution in [0.2, 0.25) is 0 Å². The summed E-state index contributed by atoms with van der Waals surface area (Å²) in [6.45, 7) is 1.68. The number of hydrogen-bond acceptors (Lipinski definition) is 3. The van der Waals surface area contributed by atoms with Gasteiger partial charge in [0.1, 0.15) is 18.2 Å². The van der Waals surface area contributed by atoms with E-state index < -0.39 is 4.92 Å². The molecule has 0 saturated carbocycles. The highest BCUT2D eigenvalue weighted by molar-refractivity contribution is 5.39. The van der Waals surface area contributed by atoms with Crippen LogP contribution in [0.25, 0.3) is 0 Å². The number of para-hydroxylation sites is 1. The summed E-state index contributed by atoms with van der Waals surface area (Å²) in [4.78, 5) is 10.4. The van der Waals surface area contributed by atoms with Crippen molar-refractivity contribution >= 4 is 5.69 Å². The lowest BCUT2D eigenvalue weighted by molar-refractivity contribution is -0.385. The maximum absolute atomic E-state index is 13.3. The average molecular weight is 261 g/mol. The van der Waals surface area contributed by atoms with E-state index in [2.05, 4.69) is 0 Å². The normalized spacial score (nSPS) is 10.2. The first-order valence-corrected chi connectivity index (χ1v) is 5.69. The zero-order valence-corrected chi connectivity index (χ0v) is 10.3. The van der Waals surface area contributed by atoms with Crippen molar-refractivity contribution in [1.29, 1.82) is 0 Å². The van der Waals surface area contributed by atoms with Crippen LogP contribution in [0.1, 0.15) is 11.1 Å². The van der Waals surface area contributed by atoms with Gasteiger partial charge < -0.3 is 4.74 Å². The standard InChI is InChI=1S/C14H12FNO3/c1-10-6-7-12(8-13(10)15)19-9-11-4-2-3-5-14(11)16(17)18/h2-8H,9H2,1H3. The summed E-state index contributed by atoms with van der Waals surface area (Å²) in [6.07, 6.45) is 0. The highest BCUT2D eigenvalue weighted by Gasteiger charge is 2.12. The van der Waals surface area contributed by atoms with E-state index in [1.54, 1.807) is 37.3 Å². The van der Waals surface area contributed by atoms with Gasteiger partial charge >= 0.3 is 0 Å². The van der Waals surface area contributed by atoms with Crippen LogP contribution in [0.15, 0.2) is 42.5 Å². The molecular weight excluding hydrogens is 249 g/mol. The molecule has 0 aliphatic carbocycles. The van der Waals surface area contributed by atoms with E-state index in [4.69, 9.17) is 4.74 Å². The molecule has 0 N–H and O–H groups in total. The Bertz CT molecular complexity index is 613. The summed E-state index contributed by atoms with van der Waals surface area (Å²) in [7, 11) is 0. The predicted octanol–water partition coefficient (Wildman–Crippen LogP) is 3.62. The molecule has 2 aromatic rings. The fourth-order valence-electron chi connectivity index (χ4n) is 1.64. The van der Waals surface area contributed by atoms with Gasteiger partial charge in [-0.3, -0.25) is 10.1 Å². The number of hydrogen-bond donors (Lipinski definition) is 0. The molecule has 2 aromatic carbocycles. The number of nitrogens with zero attached hydrogens (tertiary/aromatic N) is 1. The molecule has 0 radical (unpaired) electrons. The first-order chi connectivity index (χ1) is 9.08. The summed E-state index contributed by atoms with van der Waals surface area (Å²) in [5, 5.41) is 10.8. The van der Waals surface area contributed by atoms with Crippen molar-refractivity contribution in [3.05, 3.63) is 69.5 Å². The summed E-state index contributed by atoms with van der Waals surface area (Å²) in [5.41, 5.74) is 0.974. The monoisotopic (exact) mass is 261 g/mol. The van der Waals surface area contributed by atoms with Gasteiger partial charge in [-0.15, -0.1) is 0 Å². The molecule has 0 amide bonds. The molecule has 0 atom stereocenters. The topological polar surface area (TPSA) is 52.4 Å². The van der Waals surface area contributed by atoms with Crippen LogP contribution in [0.4, 0.5) is 10.1 Å². The van der Waals surface area contributed by atoms with Crippen molar-refractivity contribution in [1.82, 2.24) is 0 Å². The van der Waals surface area contributed by atoms with Gasteiger partial charge in [-0.1, -0.05) is 18.2 Å². The third-order valence-corrected chi connectivity index (χ3v) is 2.73. The van der Waals surface area contributed by atoms with Gasteiger partial charge in [-0.05, 0) is 24.6 Å². The van der Waals surface area contributed by atoms with E-state index in [0.717, 1.165) is 0 Å². The molecule has 98 valence electrons. The van der Waals surface area contributed by atoms with Gasteiger partial charge in [0.2, 0.25) is 0 Å². The third-order valence-electron chi connectivity index (χ3n) is 2.73. The van der Waals surface area contributed by atoms with E-state index in [1.807, 2.05) is 0 Å². The zero-order chi connectivity index (χ0) is 13.8. The van der Waals surface area contributed by atoms with Crippen LogP contribution in [-0.2, 0) is 6.61 Å². The van der Waals surface area contributed by atoms with E-state index in [9.17, 15) is 14.5 Å². The maximum atomic E-state index is 13.3. The fraction of sp³-hybridized carbons (Fsp3) is 0.143. The van der Waals surface area contributed by atoms with Gasteiger partial charge in [-0.2, -0.15) is 0 Å². The van der Waals surface area contributed by atoms with Crippen molar-refractivity contribution in [2.45, 2.75) is 13.5 Å². The Kier molecular flexibility index (Phi) is 3.75. The van der Waals surface area contributed by atoms with Crippen LogP contribution in [0, 0.1) is 22.9 Å². The number of nitro groups is 1. The first kappa shape index (κ1) is 13.0. The van der Waals surface area contributed by atoms with Crippen LogP contribution >= 0.6 is 0 Å². The second kappa shape index (κ2) is 5.48. The Hall–Kier alpha value is -2.43. The molecule has 0 unspecified atom stereocenters. The molecule has 0 saturated heterocycles. The summed E-state index contributed by atoms with van der Waals surface area (Å²) < 4.78 is 18.7. The number of nitro benzene ring substituents is 1. The number of aryl methyl sites for hydroxylation is 1. The summed E-state index contributed by atoms with van der Waals surface area (Å²) >= 11 is 0. The lowest BCUT2D eigenvalue weighted by Gasteiger charge is -2.07. The molecular formula is C14H12FNO3. The minimum atomic E-state index is -0.464. The molecule has 0 spiro atoms. The first-order valence-electron chi connectivity index (χ1n) is 5.69. The molecule has 4 nitrogen and oxygen atoms in total. The van der Waals surface area contributed by atoms with E-state index >= 15 is 0 Å². The smallest absolute Gasteiger partial charge is 0.276 e. The highest BCUT2D eigenvalue weighted by atomic mass is 19.1. The summed E-state index contributed by atoms with van der Waals surface area (Å²) in [6, 6.07) is 10.8. The minimum absolute atomic E-state index is 0.00455. The fourth-order valence-corrected chi connectivity index (χ4v) is 1.64. The lowest BCUT2D eigenvalue weighted by Crippen LogP contribution is -2.00. The van der Waals surface area contributed by atoms with Gasteiger partial charge in [-0.25, -0.2) is 4.39 Å². The van der Waals surface area contributed by atoms with Crippen LogP contribution in [0.5, 0.6) is 5.75 Å². The Balaban J connectivity index is 2.14. The maximum Gasteiger partial charge on any atom is 0.276 e. The minimum Gasteiger partial charge on any atom is -0.489 e. The molecule has 0 aromatic heterocycles. The van der Waals surface area contributed by atoms with Crippen molar-refractivity contribution in [3.8, 4) is 5.75 Å². The van der Waals surface area contributed by atoms with Crippen LogP contribution < -0.4 is 4.74 Å². The third kappa shape index (κ3) is 3.07. The Labute approximate surface area is 109 Å². The van der Waals surface area contributed by atoms with Gasteiger partial charge in [0.05, 0.1) is 10.5 Å². The van der Waals surface area contributed by atoms with Crippen molar-refractivity contribution < 1.29 is 14.1 Å². The number of ether oxygens (including phenoxy) is 1. The zero-order valence-electron chi connectivity index (χ0n) is 10.3. The van der Waals surface area contributed by atoms with Gasteiger partial charge in [0.15, 0.2) is 0 Å². The molecule has 0 aliphatic rings. The second-order valence-electron chi connectivity index (χ2n) is 4.09. The van der Waals surface area contributed by atoms with E-state index in [0.29, 0.717) is 16.9 Å². The summed E-state index contributed by atoms with van der Waals surface area (Å²) in [5.74, 6) is -0.0127. The van der Waals surface area contributed by atoms with E-state index in [-0.39, 0.29) is 18.1 Å². The highest BCUT2D eigenvalue weighted by Crippen LogP contribution is 2.21. The van der Waals surface area contributed by atoms with E-state index in [1.165, 1.54) is 12.1 Å². The van der Waals surface area contributed by atoms with Gasteiger partial charge in [0, 0.05) is 12.1 Å².